The topological polar surface area (TPSA) is 93.9 Å². The molecule has 28 heavy (non-hydrogen) atoms. The van der Waals surface area contributed by atoms with Gasteiger partial charge in [-0.25, -0.2) is 9.59 Å². The van der Waals surface area contributed by atoms with Crippen molar-refractivity contribution in [3.8, 4) is 11.5 Å². The van der Waals surface area contributed by atoms with Gasteiger partial charge in [0.1, 0.15) is 16.5 Å². The number of nitrogens with zero attached hydrogens (tertiary/aromatic N) is 3. The number of amides is 1. The summed E-state index contributed by atoms with van der Waals surface area (Å²) in [5.74, 6) is 0.715. The van der Waals surface area contributed by atoms with Crippen LogP contribution in [0.15, 0.2) is 30.5 Å². The van der Waals surface area contributed by atoms with Gasteiger partial charge in [-0.1, -0.05) is 17.7 Å². The molecule has 1 amide bonds. The summed E-state index contributed by atoms with van der Waals surface area (Å²) in [5, 5.41) is 13.2. The van der Waals surface area contributed by atoms with Crippen molar-refractivity contribution in [2.45, 2.75) is 18.9 Å². The van der Waals surface area contributed by atoms with Gasteiger partial charge in [0.25, 0.3) is 0 Å². The molecule has 1 aliphatic heterocycles. The zero-order valence-electron chi connectivity index (χ0n) is 15.2. The first-order chi connectivity index (χ1) is 13.5. The molecule has 1 saturated heterocycles. The van der Waals surface area contributed by atoms with Gasteiger partial charge in [0, 0.05) is 19.3 Å². The number of methoxy groups -OCH3 is 1. The Labute approximate surface area is 166 Å². The van der Waals surface area contributed by atoms with Gasteiger partial charge in [-0.2, -0.15) is 9.78 Å². The van der Waals surface area contributed by atoms with Crippen molar-refractivity contribution >= 4 is 23.6 Å². The zero-order chi connectivity index (χ0) is 19.8. The molecule has 1 saturated carbocycles. The Bertz CT molecular complexity index is 901. The zero-order valence-corrected chi connectivity index (χ0v) is 16.0. The maximum Gasteiger partial charge on any atom is 0.356 e. The molecule has 1 aliphatic carbocycles. The van der Waals surface area contributed by atoms with Crippen molar-refractivity contribution in [2.24, 2.45) is 11.8 Å². The number of carbonyl (C=O) groups excluding carboxylic acids is 1. The molecule has 4 rings (SSSR count). The summed E-state index contributed by atoms with van der Waals surface area (Å²) in [6.45, 7) is 1.22. The SMILES string of the molecule is COc1cccc(OC2CC3CN(C(=O)n4ccc(C(=O)O)n4)CC3C2)c1Cl. The molecule has 0 bridgehead atoms. The van der Waals surface area contributed by atoms with E-state index in [0.717, 1.165) is 17.5 Å². The lowest BCUT2D eigenvalue weighted by atomic mass is 10.0. The summed E-state index contributed by atoms with van der Waals surface area (Å²) in [6, 6.07) is 6.47. The highest BCUT2D eigenvalue weighted by Gasteiger charge is 2.43. The number of likely N-dealkylation sites (tertiary alicyclic amines) is 1. The summed E-state index contributed by atoms with van der Waals surface area (Å²) in [7, 11) is 1.57. The molecule has 8 nitrogen and oxygen atoms in total. The molecule has 0 radical (unpaired) electrons. The predicted octanol–water partition coefficient (Wildman–Crippen LogP) is 3.00. The molecule has 1 aromatic carbocycles. The molecule has 1 aromatic heterocycles. The fraction of sp³-hybridized carbons (Fsp3) is 0.421. The van der Waals surface area contributed by atoms with Crippen LogP contribution in [-0.4, -0.2) is 58.1 Å². The first-order valence-electron chi connectivity index (χ1n) is 9.03. The second-order valence-electron chi connectivity index (χ2n) is 7.14. The number of fused-ring (bicyclic) bond motifs is 1. The molecule has 2 atom stereocenters. The van der Waals surface area contributed by atoms with Crippen LogP contribution in [0.3, 0.4) is 0 Å². The number of aromatic nitrogens is 2. The predicted molar refractivity (Wildman–Crippen MR) is 100 cm³/mol. The maximum atomic E-state index is 12.6. The Hall–Kier alpha value is -2.74. The van der Waals surface area contributed by atoms with Gasteiger partial charge >= 0.3 is 12.0 Å². The Morgan fingerprint density at radius 2 is 1.86 bits per heavy atom. The molecule has 2 aliphatic rings. The molecule has 2 heterocycles. The minimum Gasteiger partial charge on any atom is -0.495 e. The summed E-state index contributed by atoms with van der Waals surface area (Å²) < 4.78 is 12.4. The number of benzene rings is 1. The molecule has 2 unspecified atom stereocenters. The fourth-order valence-electron chi connectivity index (χ4n) is 4.11. The monoisotopic (exact) mass is 405 g/mol. The number of ether oxygens (including phenoxy) is 2. The largest absolute Gasteiger partial charge is 0.495 e. The minimum absolute atomic E-state index is 0.0418. The van der Waals surface area contributed by atoms with Crippen LogP contribution >= 0.6 is 11.6 Å². The van der Waals surface area contributed by atoms with Crippen LogP contribution in [0.1, 0.15) is 23.3 Å². The maximum absolute atomic E-state index is 12.6. The quantitative estimate of drug-likeness (QED) is 0.840. The second-order valence-corrected chi connectivity index (χ2v) is 7.52. The number of aromatic carboxylic acids is 1. The van der Waals surface area contributed by atoms with Crippen LogP contribution in [0, 0.1) is 11.8 Å². The van der Waals surface area contributed by atoms with E-state index < -0.39 is 5.97 Å². The van der Waals surface area contributed by atoms with Crippen molar-refractivity contribution in [2.75, 3.05) is 20.2 Å². The molecular weight excluding hydrogens is 386 g/mol. The number of carbonyl (C=O) groups is 2. The molecule has 9 heteroatoms. The smallest absolute Gasteiger partial charge is 0.356 e. The Morgan fingerprint density at radius 3 is 2.46 bits per heavy atom. The van der Waals surface area contributed by atoms with Gasteiger partial charge in [0.15, 0.2) is 5.69 Å². The van der Waals surface area contributed by atoms with Gasteiger partial charge in [0.05, 0.1) is 13.2 Å². The molecular formula is C19H20ClN3O5. The number of halogens is 1. The lowest BCUT2D eigenvalue weighted by Crippen LogP contribution is -2.34. The number of carboxylic acid groups (broad SMARTS) is 1. The molecule has 0 spiro atoms. The molecule has 2 aromatic rings. The first-order valence-corrected chi connectivity index (χ1v) is 9.41. The van der Waals surface area contributed by atoms with E-state index in [0.29, 0.717) is 41.4 Å². The van der Waals surface area contributed by atoms with Crippen molar-refractivity contribution < 1.29 is 24.2 Å². The van der Waals surface area contributed by atoms with Crippen molar-refractivity contribution in [1.29, 1.82) is 0 Å². The first kappa shape index (κ1) is 18.6. The van der Waals surface area contributed by atoms with Crippen molar-refractivity contribution in [3.63, 3.8) is 0 Å². The average Bonchev–Trinajstić information content (AvgIpc) is 3.37. The Balaban J connectivity index is 1.37. The van der Waals surface area contributed by atoms with Gasteiger partial charge in [-0.05, 0) is 42.9 Å². The normalized spacial score (nSPS) is 23.5. The highest BCUT2D eigenvalue weighted by Crippen LogP contribution is 2.42. The van der Waals surface area contributed by atoms with Crippen LogP contribution in [0.4, 0.5) is 4.79 Å². The lowest BCUT2D eigenvalue weighted by Gasteiger charge is -2.20. The summed E-state index contributed by atoms with van der Waals surface area (Å²) >= 11 is 6.31. The summed E-state index contributed by atoms with van der Waals surface area (Å²) in [4.78, 5) is 25.2. The van der Waals surface area contributed by atoms with E-state index in [1.807, 2.05) is 12.1 Å². The van der Waals surface area contributed by atoms with Gasteiger partial charge in [-0.3, -0.25) is 0 Å². The van der Waals surface area contributed by atoms with E-state index in [1.165, 1.54) is 12.3 Å². The van der Waals surface area contributed by atoms with Crippen LogP contribution in [0.5, 0.6) is 11.5 Å². The number of hydrogen-bond acceptors (Lipinski definition) is 5. The highest BCUT2D eigenvalue weighted by molar-refractivity contribution is 6.33. The molecule has 2 fully saturated rings. The Morgan fingerprint density at radius 1 is 1.18 bits per heavy atom. The summed E-state index contributed by atoms with van der Waals surface area (Å²) in [6.07, 6.45) is 3.10. The lowest BCUT2D eigenvalue weighted by molar-refractivity contribution is 0.0690. The highest BCUT2D eigenvalue weighted by atomic mass is 35.5. The van der Waals surface area contributed by atoms with E-state index in [-0.39, 0.29) is 17.8 Å². The summed E-state index contributed by atoms with van der Waals surface area (Å²) in [5.41, 5.74) is -0.142. The third-order valence-corrected chi connectivity index (χ3v) is 5.80. The van der Waals surface area contributed by atoms with Crippen LogP contribution in [-0.2, 0) is 0 Å². The van der Waals surface area contributed by atoms with Crippen LogP contribution in [0.2, 0.25) is 5.02 Å². The van der Waals surface area contributed by atoms with Gasteiger partial charge < -0.3 is 19.5 Å². The Kier molecular flexibility index (Phi) is 4.89. The van der Waals surface area contributed by atoms with E-state index in [2.05, 4.69) is 5.10 Å². The van der Waals surface area contributed by atoms with Crippen LogP contribution < -0.4 is 9.47 Å². The van der Waals surface area contributed by atoms with E-state index in [9.17, 15) is 9.59 Å². The molecule has 1 N–H and O–H groups in total. The number of rotatable bonds is 4. The third-order valence-electron chi connectivity index (χ3n) is 5.42. The standard InChI is InChI=1S/C19H20ClN3O5/c1-27-15-3-2-4-16(17(15)20)28-13-7-11-9-22(10-12(11)8-13)19(26)23-6-5-14(21-23)18(24)25/h2-6,11-13H,7-10H2,1H3,(H,24,25). The van der Waals surface area contributed by atoms with E-state index in [1.54, 1.807) is 18.1 Å². The minimum atomic E-state index is -1.15. The number of carboxylic acids is 1. The van der Waals surface area contributed by atoms with E-state index >= 15 is 0 Å². The molecule has 148 valence electrons. The second kappa shape index (κ2) is 7.35. The van der Waals surface area contributed by atoms with Crippen LogP contribution in [0.25, 0.3) is 0 Å². The van der Waals surface area contributed by atoms with Crippen molar-refractivity contribution in [1.82, 2.24) is 14.7 Å². The van der Waals surface area contributed by atoms with E-state index in [4.69, 9.17) is 26.2 Å². The van der Waals surface area contributed by atoms with Gasteiger partial charge in [-0.15, -0.1) is 0 Å². The fourth-order valence-corrected chi connectivity index (χ4v) is 4.35. The average molecular weight is 406 g/mol. The van der Waals surface area contributed by atoms with Gasteiger partial charge in [0.2, 0.25) is 0 Å². The van der Waals surface area contributed by atoms with Crippen molar-refractivity contribution in [3.05, 3.63) is 41.2 Å². The third kappa shape index (κ3) is 3.40. The number of hydrogen-bond donors (Lipinski definition) is 1.